The van der Waals surface area contributed by atoms with Gasteiger partial charge in [-0.05, 0) is 12.5 Å². The molecule has 1 saturated heterocycles. The van der Waals surface area contributed by atoms with E-state index in [0.29, 0.717) is 18.1 Å². The zero-order valence-corrected chi connectivity index (χ0v) is 7.79. The number of hydroxylamine groups is 1. The summed E-state index contributed by atoms with van der Waals surface area (Å²) in [6.45, 7) is 0.615. The standard InChI is InChI=1S/C9H11FN2O2/c1-13-9-7(4-6(10)5-11-9)8-2-3-14-12-8/h4-5,8,12H,2-3H2,1H3/t8-/m1/s1. The number of aromatic nitrogens is 1. The van der Waals surface area contributed by atoms with Crippen molar-refractivity contribution in [2.45, 2.75) is 12.5 Å². The molecule has 0 amide bonds. The molecule has 0 saturated carbocycles. The highest BCUT2D eigenvalue weighted by Gasteiger charge is 2.22. The Morgan fingerprint density at radius 3 is 3.21 bits per heavy atom. The van der Waals surface area contributed by atoms with Crippen LogP contribution < -0.4 is 10.2 Å². The van der Waals surface area contributed by atoms with Crippen molar-refractivity contribution in [3.63, 3.8) is 0 Å². The van der Waals surface area contributed by atoms with E-state index < -0.39 is 0 Å². The Bertz CT molecular complexity index is 327. The predicted octanol–water partition coefficient (Wildman–Crippen LogP) is 1.20. The number of hydrogen-bond donors (Lipinski definition) is 1. The molecule has 1 aliphatic heterocycles. The molecule has 0 radical (unpaired) electrons. The Morgan fingerprint density at radius 2 is 2.57 bits per heavy atom. The van der Waals surface area contributed by atoms with Crippen LogP contribution in [-0.4, -0.2) is 18.7 Å². The van der Waals surface area contributed by atoms with E-state index in [1.165, 1.54) is 13.2 Å². The highest BCUT2D eigenvalue weighted by molar-refractivity contribution is 5.29. The number of methoxy groups -OCH3 is 1. The number of halogens is 1. The van der Waals surface area contributed by atoms with Crippen LogP contribution in [0.3, 0.4) is 0 Å². The van der Waals surface area contributed by atoms with Crippen LogP contribution in [0.1, 0.15) is 18.0 Å². The molecule has 1 aromatic rings. The Labute approximate surface area is 81.0 Å². The molecule has 1 fully saturated rings. The zero-order valence-electron chi connectivity index (χ0n) is 7.79. The van der Waals surface area contributed by atoms with Gasteiger partial charge in [-0.1, -0.05) is 0 Å². The first-order valence-electron chi connectivity index (χ1n) is 4.38. The van der Waals surface area contributed by atoms with E-state index in [2.05, 4.69) is 10.5 Å². The van der Waals surface area contributed by atoms with Crippen molar-refractivity contribution in [3.05, 3.63) is 23.6 Å². The van der Waals surface area contributed by atoms with Crippen LogP contribution in [0.15, 0.2) is 12.3 Å². The molecule has 0 unspecified atom stereocenters. The van der Waals surface area contributed by atoms with Gasteiger partial charge in [0, 0.05) is 5.56 Å². The van der Waals surface area contributed by atoms with Crippen LogP contribution in [0.2, 0.25) is 0 Å². The van der Waals surface area contributed by atoms with Gasteiger partial charge in [-0.3, -0.25) is 0 Å². The fourth-order valence-corrected chi connectivity index (χ4v) is 1.48. The number of nitrogens with zero attached hydrogens (tertiary/aromatic N) is 1. The molecule has 2 heterocycles. The Kier molecular flexibility index (Phi) is 2.60. The lowest BCUT2D eigenvalue weighted by molar-refractivity contribution is 0.0877. The van der Waals surface area contributed by atoms with Crippen molar-refractivity contribution in [1.29, 1.82) is 0 Å². The van der Waals surface area contributed by atoms with Crippen LogP contribution in [0.5, 0.6) is 5.88 Å². The maximum atomic E-state index is 13.0. The number of nitrogens with one attached hydrogen (secondary N) is 1. The molecule has 1 aromatic heterocycles. The van der Waals surface area contributed by atoms with Gasteiger partial charge >= 0.3 is 0 Å². The van der Waals surface area contributed by atoms with Crippen molar-refractivity contribution >= 4 is 0 Å². The van der Waals surface area contributed by atoms with Crippen LogP contribution in [0.4, 0.5) is 4.39 Å². The van der Waals surface area contributed by atoms with Crippen molar-refractivity contribution in [2.24, 2.45) is 0 Å². The maximum Gasteiger partial charge on any atom is 0.218 e. The summed E-state index contributed by atoms with van der Waals surface area (Å²) in [5, 5.41) is 0. The van der Waals surface area contributed by atoms with E-state index in [9.17, 15) is 4.39 Å². The highest BCUT2D eigenvalue weighted by Crippen LogP contribution is 2.28. The first kappa shape index (κ1) is 9.36. The lowest BCUT2D eigenvalue weighted by Crippen LogP contribution is -2.13. The largest absolute Gasteiger partial charge is 0.481 e. The third-order valence-electron chi connectivity index (χ3n) is 2.15. The maximum absolute atomic E-state index is 13.0. The van der Waals surface area contributed by atoms with Crippen LogP contribution >= 0.6 is 0 Å². The highest BCUT2D eigenvalue weighted by atomic mass is 19.1. The summed E-state index contributed by atoms with van der Waals surface area (Å²) in [6, 6.07) is 1.38. The summed E-state index contributed by atoms with van der Waals surface area (Å²) < 4.78 is 18.0. The third kappa shape index (κ3) is 1.69. The molecule has 0 bridgehead atoms. The third-order valence-corrected chi connectivity index (χ3v) is 2.15. The second-order valence-electron chi connectivity index (χ2n) is 3.06. The van der Waals surface area contributed by atoms with E-state index in [0.717, 1.165) is 12.6 Å². The number of pyridine rings is 1. The van der Waals surface area contributed by atoms with E-state index in [-0.39, 0.29) is 11.9 Å². The monoisotopic (exact) mass is 198 g/mol. The molecule has 4 nitrogen and oxygen atoms in total. The average Bonchev–Trinajstić information content (AvgIpc) is 2.70. The Balaban J connectivity index is 2.33. The molecule has 1 atom stereocenters. The number of ether oxygens (including phenoxy) is 1. The Morgan fingerprint density at radius 1 is 1.71 bits per heavy atom. The summed E-state index contributed by atoms with van der Waals surface area (Å²) in [4.78, 5) is 8.84. The van der Waals surface area contributed by atoms with Crippen LogP contribution in [0, 0.1) is 5.82 Å². The van der Waals surface area contributed by atoms with Gasteiger partial charge in [0.2, 0.25) is 5.88 Å². The SMILES string of the molecule is COc1ncc(F)cc1[C@H]1CCON1. The van der Waals surface area contributed by atoms with Gasteiger partial charge in [0.25, 0.3) is 0 Å². The Hall–Kier alpha value is -1.20. The smallest absolute Gasteiger partial charge is 0.218 e. The van der Waals surface area contributed by atoms with Gasteiger partial charge in [-0.15, -0.1) is 0 Å². The van der Waals surface area contributed by atoms with Crippen molar-refractivity contribution in [3.8, 4) is 5.88 Å². The molecule has 0 spiro atoms. The second-order valence-corrected chi connectivity index (χ2v) is 3.06. The average molecular weight is 198 g/mol. The van der Waals surface area contributed by atoms with Gasteiger partial charge in [0.1, 0.15) is 5.82 Å². The van der Waals surface area contributed by atoms with E-state index in [1.54, 1.807) is 0 Å². The molecule has 1 aliphatic rings. The molecule has 14 heavy (non-hydrogen) atoms. The van der Waals surface area contributed by atoms with E-state index in [1.807, 2.05) is 0 Å². The number of hydrogen-bond acceptors (Lipinski definition) is 4. The molecule has 0 aliphatic carbocycles. The van der Waals surface area contributed by atoms with Crippen molar-refractivity contribution < 1.29 is 14.0 Å². The molecule has 0 aromatic carbocycles. The van der Waals surface area contributed by atoms with Gasteiger partial charge in [0.05, 0.1) is 26.0 Å². The van der Waals surface area contributed by atoms with Gasteiger partial charge in [-0.25, -0.2) is 9.37 Å². The topological polar surface area (TPSA) is 43.4 Å². The summed E-state index contributed by atoms with van der Waals surface area (Å²) in [6.07, 6.45) is 1.93. The van der Waals surface area contributed by atoms with Crippen molar-refractivity contribution in [1.82, 2.24) is 10.5 Å². The summed E-state index contributed by atoms with van der Waals surface area (Å²) in [5.74, 6) is 0.0731. The molecule has 1 N–H and O–H groups in total. The summed E-state index contributed by atoms with van der Waals surface area (Å²) in [7, 11) is 1.51. The minimum absolute atomic E-state index is 0.0341. The number of rotatable bonds is 2. The van der Waals surface area contributed by atoms with Gasteiger partial charge < -0.3 is 9.57 Å². The zero-order chi connectivity index (χ0) is 9.97. The summed E-state index contributed by atoms with van der Waals surface area (Å²) >= 11 is 0. The van der Waals surface area contributed by atoms with Crippen LogP contribution in [-0.2, 0) is 4.84 Å². The minimum atomic E-state index is -0.366. The van der Waals surface area contributed by atoms with Gasteiger partial charge in [0.15, 0.2) is 0 Å². The summed E-state index contributed by atoms with van der Waals surface area (Å²) in [5.41, 5.74) is 3.49. The van der Waals surface area contributed by atoms with Gasteiger partial charge in [-0.2, -0.15) is 5.48 Å². The van der Waals surface area contributed by atoms with E-state index >= 15 is 0 Å². The van der Waals surface area contributed by atoms with E-state index in [4.69, 9.17) is 9.57 Å². The molecular weight excluding hydrogens is 187 g/mol. The van der Waals surface area contributed by atoms with Crippen LogP contribution in [0.25, 0.3) is 0 Å². The molecule has 2 rings (SSSR count). The fourth-order valence-electron chi connectivity index (χ4n) is 1.48. The quantitative estimate of drug-likeness (QED) is 0.775. The first-order chi connectivity index (χ1) is 6.81. The molecular formula is C9H11FN2O2. The normalized spacial score (nSPS) is 21.1. The minimum Gasteiger partial charge on any atom is -0.481 e. The molecule has 5 heteroatoms. The lowest BCUT2D eigenvalue weighted by Gasteiger charge is -2.12. The second kappa shape index (κ2) is 3.89. The predicted molar refractivity (Wildman–Crippen MR) is 47.2 cm³/mol. The molecule has 76 valence electrons. The lowest BCUT2D eigenvalue weighted by atomic mass is 10.1. The first-order valence-corrected chi connectivity index (χ1v) is 4.38. The fraction of sp³-hybridized carbons (Fsp3) is 0.444. The van der Waals surface area contributed by atoms with Crippen molar-refractivity contribution in [2.75, 3.05) is 13.7 Å².